The number of para-hydroxylation sites is 3. The van der Waals surface area contributed by atoms with E-state index in [0.717, 1.165) is 0 Å². The molecule has 0 aliphatic heterocycles. The molecule has 0 aromatic heterocycles. The minimum atomic E-state index is -5.29. The summed E-state index contributed by atoms with van der Waals surface area (Å²) in [4.78, 5) is 0. The van der Waals surface area contributed by atoms with Crippen LogP contribution in [0.25, 0.3) is 0 Å². The Morgan fingerprint density at radius 1 is 0.438 bits per heavy atom. The Morgan fingerprint density at radius 2 is 0.656 bits per heavy atom. The fourth-order valence-corrected chi connectivity index (χ4v) is 15.2. The van der Waals surface area contributed by atoms with Crippen molar-refractivity contribution in [2.75, 3.05) is 0 Å². The molecule has 165 valence electrons. The molecule has 0 aliphatic carbocycles. The molecule has 0 amide bonds. The van der Waals surface area contributed by atoms with Crippen molar-refractivity contribution >= 4 is 64.3 Å². The second kappa shape index (κ2) is 11.0. The Hall–Kier alpha value is -1.66. The summed E-state index contributed by atoms with van der Waals surface area (Å²) in [5.74, 6) is -0.834. The summed E-state index contributed by atoms with van der Waals surface area (Å²) < 4.78 is 91.6. The predicted octanol–water partition coefficient (Wildman–Crippen LogP) is 3.06. The quantitative estimate of drug-likeness (QED) is 0.306. The summed E-state index contributed by atoms with van der Waals surface area (Å²) >= 11 is 0. The summed E-state index contributed by atoms with van der Waals surface area (Å²) in [5, 5.41) is 0. The Balaban J connectivity index is 0.00000363. The average Bonchev–Trinajstić information content (AvgIpc) is 2.68. The van der Waals surface area contributed by atoms with Gasteiger partial charge in [-0.2, -0.15) is 25.3 Å². The van der Waals surface area contributed by atoms with Gasteiger partial charge in [-0.25, -0.2) is 0 Å². The van der Waals surface area contributed by atoms with Gasteiger partial charge in [0, 0.05) is 29.6 Å². The zero-order valence-electron chi connectivity index (χ0n) is 16.5. The van der Waals surface area contributed by atoms with Crippen LogP contribution in [0.4, 0.5) is 0 Å². The van der Waals surface area contributed by atoms with Gasteiger partial charge >= 0.3 is 34.7 Å². The Morgan fingerprint density at radius 3 is 0.875 bits per heavy atom. The van der Waals surface area contributed by atoms with Crippen molar-refractivity contribution in [2.45, 2.75) is 0 Å². The number of rotatable bonds is 9. The fraction of sp³-hybridized carbons (Fsp3) is 0. The molecule has 0 bridgehead atoms. The molecular weight excluding hydrogens is 510 g/mol. The molecule has 0 spiro atoms. The molecule has 32 heavy (non-hydrogen) atoms. The second-order valence-corrected chi connectivity index (χ2v) is 18.6. The van der Waals surface area contributed by atoms with E-state index >= 15 is 0 Å². The molecule has 3 aromatic rings. The van der Waals surface area contributed by atoms with E-state index in [4.69, 9.17) is 12.5 Å². The van der Waals surface area contributed by atoms with Crippen molar-refractivity contribution in [3.63, 3.8) is 0 Å². The van der Waals surface area contributed by atoms with Crippen molar-refractivity contribution in [3.05, 3.63) is 91.0 Å². The molecular formula is C18H15NaO9PS3. The largest absolute Gasteiger partial charge is 0.389 e. The van der Waals surface area contributed by atoms with Crippen LogP contribution in [0.1, 0.15) is 0 Å². The van der Waals surface area contributed by atoms with Crippen molar-refractivity contribution in [3.8, 4) is 17.2 Å². The molecule has 0 N–H and O–H groups in total. The van der Waals surface area contributed by atoms with E-state index in [2.05, 4.69) is 0 Å². The van der Waals surface area contributed by atoms with E-state index in [9.17, 15) is 25.3 Å². The SMILES string of the molecule is O=S(=O)(Oc1ccccc1)P(S(=O)(=O)Oc1ccccc1)S(=O)(=O)Oc1ccccc1.[Na]. The number of hydrogen-bond acceptors (Lipinski definition) is 9. The van der Waals surface area contributed by atoms with Gasteiger partial charge in [0.25, 0.3) is 0 Å². The van der Waals surface area contributed by atoms with E-state index in [1.54, 1.807) is 18.2 Å². The van der Waals surface area contributed by atoms with E-state index in [0.29, 0.717) is 0 Å². The number of hydrogen-bond donors (Lipinski definition) is 0. The fourth-order valence-electron chi connectivity index (χ4n) is 2.22. The van der Waals surface area contributed by atoms with Gasteiger partial charge in [0.05, 0.1) is 0 Å². The summed E-state index contributed by atoms with van der Waals surface area (Å²) in [6.45, 7) is 0. The maximum atomic E-state index is 12.9. The molecule has 1 radical (unpaired) electrons. The van der Waals surface area contributed by atoms with Crippen LogP contribution in [0.5, 0.6) is 17.2 Å². The van der Waals surface area contributed by atoms with Gasteiger partial charge in [-0.1, -0.05) is 54.6 Å². The Kier molecular flexibility index (Phi) is 9.12. The van der Waals surface area contributed by atoms with E-state index in [-0.39, 0.29) is 46.8 Å². The summed E-state index contributed by atoms with van der Waals surface area (Å²) in [6.07, 6.45) is 0. The first-order chi connectivity index (χ1) is 14.6. The Bertz CT molecular complexity index is 1160. The van der Waals surface area contributed by atoms with Crippen LogP contribution in [0.2, 0.25) is 0 Å². The zero-order chi connectivity index (χ0) is 22.5. The third-order valence-electron chi connectivity index (χ3n) is 3.38. The first-order valence-corrected chi connectivity index (χ1v) is 15.8. The Labute approximate surface area is 209 Å². The summed E-state index contributed by atoms with van der Waals surface area (Å²) in [5.41, 5.74) is -4.11. The molecule has 3 aromatic carbocycles. The van der Waals surface area contributed by atoms with E-state index in [1.165, 1.54) is 72.8 Å². The monoisotopic (exact) mass is 525 g/mol. The minimum Gasteiger partial charge on any atom is -0.378 e. The third kappa shape index (κ3) is 6.92. The van der Waals surface area contributed by atoms with Crippen LogP contribution in [0.3, 0.4) is 0 Å². The zero-order valence-corrected chi connectivity index (χ0v) is 21.9. The van der Waals surface area contributed by atoms with E-state index in [1.807, 2.05) is 0 Å². The standard InChI is InChI=1S/C18H15O9PS3.Na/c19-29(20,25-16-10-4-1-5-11-16)28(30(21,22)26-17-12-6-2-7-13-17)31(23,24)27-18-14-8-3-9-15-18;/h1-15H;. The van der Waals surface area contributed by atoms with E-state index < -0.39 is 34.7 Å². The van der Waals surface area contributed by atoms with Gasteiger partial charge in [-0.15, -0.1) is 0 Å². The molecule has 0 saturated carbocycles. The van der Waals surface area contributed by atoms with Crippen LogP contribution < -0.4 is 12.5 Å². The normalized spacial score (nSPS) is 11.9. The average molecular weight is 525 g/mol. The van der Waals surface area contributed by atoms with Crippen molar-refractivity contribution in [2.24, 2.45) is 0 Å². The molecule has 0 saturated heterocycles. The van der Waals surface area contributed by atoms with Crippen LogP contribution >= 0.6 is 5.53 Å². The molecule has 0 heterocycles. The first kappa shape index (κ1) is 26.6. The predicted molar refractivity (Wildman–Crippen MR) is 121 cm³/mol. The van der Waals surface area contributed by atoms with Crippen molar-refractivity contribution < 1.29 is 37.8 Å². The molecule has 0 atom stereocenters. The third-order valence-corrected chi connectivity index (χ3v) is 19.5. The summed E-state index contributed by atoms with van der Waals surface area (Å²) in [7, 11) is -15.9. The molecule has 0 fully saturated rings. The topological polar surface area (TPSA) is 130 Å². The van der Waals surface area contributed by atoms with Crippen LogP contribution in [-0.2, 0) is 29.2 Å². The first-order valence-electron chi connectivity index (χ1n) is 8.39. The maximum Gasteiger partial charge on any atom is 0.389 e. The van der Waals surface area contributed by atoms with Gasteiger partial charge in [0.15, 0.2) is 0 Å². The van der Waals surface area contributed by atoms with Gasteiger partial charge < -0.3 is 12.5 Å². The van der Waals surface area contributed by atoms with Gasteiger partial charge in [0.1, 0.15) is 17.2 Å². The maximum absolute atomic E-state index is 12.9. The van der Waals surface area contributed by atoms with Crippen molar-refractivity contribution in [1.82, 2.24) is 0 Å². The summed E-state index contributed by atoms with van der Waals surface area (Å²) in [6, 6.07) is 20.6. The molecule has 9 nitrogen and oxygen atoms in total. The molecule has 3 rings (SSSR count). The minimum absolute atomic E-state index is 0. The molecule has 0 unspecified atom stereocenters. The number of benzene rings is 3. The van der Waals surface area contributed by atoms with Gasteiger partial charge in [0.2, 0.25) is 0 Å². The van der Waals surface area contributed by atoms with Gasteiger partial charge in [-0.05, 0) is 36.4 Å². The van der Waals surface area contributed by atoms with Crippen LogP contribution in [-0.4, -0.2) is 54.8 Å². The molecule has 14 heteroatoms. The van der Waals surface area contributed by atoms with Gasteiger partial charge in [-0.3, -0.25) is 0 Å². The van der Waals surface area contributed by atoms with Crippen LogP contribution in [0.15, 0.2) is 91.0 Å². The molecule has 0 aliphatic rings. The van der Waals surface area contributed by atoms with Crippen molar-refractivity contribution in [1.29, 1.82) is 0 Å². The van der Waals surface area contributed by atoms with Crippen LogP contribution in [0, 0.1) is 0 Å². The smallest absolute Gasteiger partial charge is 0.378 e. The second-order valence-electron chi connectivity index (χ2n) is 5.70.